The van der Waals surface area contributed by atoms with Gasteiger partial charge in [-0.15, -0.1) is 0 Å². The maximum atomic E-state index is 5.70. The molecule has 118 valence electrons. The number of hydrogen-bond acceptors (Lipinski definition) is 3. The monoisotopic (exact) mass is 291 g/mol. The van der Waals surface area contributed by atoms with E-state index in [9.17, 15) is 0 Å². The summed E-state index contributed by atoms with van der Waals surface area (Å²) < 4.78 is 11.3. The van der Waals surface area contributed by atoms with Crippen molar-refractivity contribution in [3.63, 3.8) is 0 Å². The summed E-state index contributed by atoms with van der Waals surface area (Å²) in [6.45, 7) is 7.53. The highest BCUT2D eigenvalue weighted by Gasteiger charge is 2.19. The van der Waals surface area contributed by atoms with Crippen LogP contribution in [0.5, 0.6) is 5.75 Å². The minimum atomic E-state index is 0.624. The van der Waals surface area contributed by atoms with Crippen molar-refractivity contribution in [1.29, 1.82) is 0 Å². The molecule has 0 aliphatic heterocycles. The molecule has 0 amide bonds. The number of rotatable bonds is 11. The molecule has 1 aromatic carbocycles. The van der Waals surface area contributed by atoms with Gasteiger partial charge >= 0.3 is 0 Å². The molecule has 1 N–H and O–H groups in total. The Morgan fingerprint density at radius 1 is 1.19 bits per heavy atom. The molecule has 3 heteroatoms. The first-order valence-electron chi connectivity index (χ1n) is 8.30. The van der Waals surface area contributed by atoms with Crippen LogP contribution in [0.15, 0.2) is 24.3 Å². The minimum absolute atomic E-state index is 0.624. The predicted molar refractivity (Wildman–Crippen MR) is 86.7 cm³/mol. The van der Waals surface area contributed by atoms with Crippen molar-refractivity contribution in [3.8, 4) is 5.75 Å². The lowest BCUT2D eigenvalue weighted by atomic mass is 10.1. The third kappa shape index (κ3) is 6.96. The summed E-state index contributed by atoms with van der Waals surface area (Å²) in [5.41, 5.74) is 1.32. The zero-order chi connectivity index (χ0) is 14.9. The molecule has 0 radical (unpaired) electrons. The van der Waals surface area contributed by atoms with Crippen LogP contribution in [0.2, 0.25) is 0 Å². The van der Waals surface area contributed by atoms with Crippen LogP contribution < -0.4 is 10.1 Å². The Morgan fingerprint density at radius 2 is 1.95 bits per heavy atom. The molecule has 1 unspecified atom stereocenters. The molecule has 1 saturated carbocycles. The summed E-state index contributed by atoms with van der Waals surface area (Å²) in [6, 6.07) is 9.12. The normalized spacial score (nSPS) is 15.9. The van der Waals surface area contributed by atoms with E-state index >= 15 is 0 Å². The molecule has 21 heavy (non-hydrogen) atoms. The maximum Gasteiger partial charge on any atom is 0.119 e. The summed E-state index contributed by atoms with van der Waals surface area (Å²) in [5, 5.41) is 3.51. The number of ether oxygens (including phenoxy) is 2. The predicted octanol–water partition coefficient (Wildman–Crippen LogP) is 3.77. The van der Waals surface area contributed by atoms with Crippen molar-refractivity contribution < 1.29 is 9.47 Å². The van der Waals surface area contributed by atoms with Gasteiger partial charge in [0.05, 0.1) is 6.61 Å². The minimum Gasteiger partial charge on any atom is -0.491 e. The van der Waals surface area contributed by atoms with Crippen molar-refractivity contribution in [2.45, 2.75) is 52.1 Å². The summed E-state index contributed by atoms with van der Waals surface area (Å²) >= 11 is 0. The molecule has 0 saturated heterocycles. The topological polar surface area (TPSA) is 30.5 Å². The highest BCUT2D eigenvalue weighted by Crippen LogP contribution is 2.19. The Labute approximate surface area is 129 Å². The van der Waals surface area contributed by atoms with E-state index < -0.39 is 0 Å². The second kappa shape index (κ2) is 9.06. The van der Waals surface area contributed by atoms with E-state index in [2.05, 4.69) is 31.3 Å². The zero-order valence-electron chi connectivity index (χ0n) is 13.4. The zero-order valence-corrected chi connectivity index (χ0v) is 13.4. The van der Waals surface area contributed by atoms with Crippen LogP contribution in [0.1, 0.15) is 45.1 Å². The molecule has 1 aliphatic rings. The molecular formula is C18H29NO2. The Bertz CT molecular complexity index is 387. The summed E-state index contributed by atoms with van der Waals surface area (Å²) in [7, 11) is 0. The largest absolute Gasteiger partial charge is 0.491 e. The van der Waals surface area contributed by atoms with Gasteiger partial charge in [0, 0.05) is 19.2 Å². The Kier molecular flexibility index (Phi) is 7.04. The van der Waals surface area contributed by atoms with Crippen LogP contribution in [0, 0.1) is 5.92 Å². The molecule has 3 nitrogen and oxygen atoms in total. The van der Waals surface area contributed by atoms with Gasteiger partial charge in [0.25, 0.3) is 0 Å². The van der Waals surface area contributed by atoms with E-state index in [1.807, 2.05) is 12.1 Å². The van der Waals surface area contributed by atoms with Crippen LogP contribution >= 0.6 is 0 Å². The van der Waals surface area contributed by atoms with Gasteiger partial charge in [0.1, 0.15) is 12.4 Å². The van der Waals surface area contributed by atoms with Gasteiger partial charge in [0.15, 0.2) is 0 Å². The van der Waals surface area contributed by atoms with Crippen molar-refractivity contribution in [2.24, 2.45) is 5.92 Å². The molecule has 0 bridgehead atoms. The molecule has 1 atom stereocenters. The van der Waals surface area contributed by atoms with Gasteiger partial charge in [-0.3, -0.25) is 0 Å². The summed E-state index contributed by atoms with van der Waals surface area (Å²) in [4.78, 5) is 0. The van der Waals surface area contributed by atoms with Crippen molar-refractivity contribution in [1.82, 2.24) is 5.32 Å². The second-order valence-corrected chi connectivity index (χ2v) is 6.12. The van der Waals surface area contributed by atoms with E-state index in [-0.39, 0.29) is 0 Å². The summed E-state index contributed by atoms with van der Waals surface area (Å²) in [5.74, 6) is 1.57. The van der Waals surface area contributed by atoms with E-state index in [0.717, 1.165) is 24.9 Å². The van der Waals surface area contributed by atoms with Crippen LogP contribution in [0.4, 0.5) is 0 Å². The standard InChI is InChI=1S/C18H29NO2/c1-3-4-15(2)14-20-11-12-21-18-9-5-16(6-10-18)13-19-17-7-8-17/h5-6,9-10,15,17,19H,3-4,7-8,11-14H2,1-2H3. The average Bonchev–Trinajstić information content (AvgIpc) is 3.30. The van der Waals surface area contributed by atoms with Crippen molar-refractivity contribution in [3.05, 3.63) is 29.8 Å². The Morgan fingerprint density at radius 3 is 2.62 bits per heavy atom. The highest BCUT2D eigenvalue weighted by molar-refractivity contribution is 5.27. The molecular weight excluding hydrogens is 262 g/mol. The van der Waals surface area contributed by atoms with Crippen LogP contribution in [0.3, 0.4) is 0 Å². The van der Waals surface area contributed by atoms with E-state index in [4.69, 9.17) is 9.47 Å². The first-order valence-corrected chi connectivity index (χ1v) is 8.30. The summed E-state index contributed by atoms with van der Waals surface area (Å²) in [6.07, 6.45) is 5.12. The van der Waals surface area contributed by atoms with E-state index in [1.54, 1.807) is 0 Å². The molecule has 1 fully saturated rings. The van der Waals surface area contributed by atoms with Crippen molar-refractivity contribution in [2.75, 3.05) is 19.8 Å². The van der Waals surface area contributed by atoms with Crippen LogP contribution in [-0.4, -0.2) is 25.9 Å². The fraction of sp³-hybridized carbons (Fsp3) is 0.667. The van der Waals surface area contributed by atoms with Gasteiger partial charge in [-0.1, -0.05) is 32.4 Å². The molecule has 0 spiro atoms. The number of nitrogens with one attached hydrogen (secondary N) is 1. The lowest BCUT2D eigenvalue weighted by molar-refractivity contribution is 0.0758. The Balaban J connectivity index is 1.55. The Hall–Kier alpha value is -1.06. The lowest BCUT2D eigenvalue weighted by Crippen LogP contribution is -2.15. The molecule has 2 rings (SSSR count). The van der Waals surface area contributed by atoms with Crippen LogP contribution in [-0.2, 0) is 11.3 Å². The second-order valence-electron chi connectivity index (χ2n) is 6.12. The third-order valence-corrected chi connectivity index (χ3v) is 3.78. The highest BCUT2D eigenvalue weighted by atomic mass is 16.5. The maximum absolute atomic E-state index is 5.70. The fourth-order valence-corrected chi connectivity index (χ4v) is 2.33. The molecule has 1 aromatic rings. The van der Waals surface area contributed by atoms with Gasteiger partial charge < -0.3 is 14.8 Å². The molecule has 1 aliphatic carbocycles. The average molecular weight is 291 g/mol. The SMILES string of the molecule is CCCC(C)COCCOc1ccc(CNC2CC2)cc1. The van der Waals surface area contributed by atoms with Gasteiger partial charge in [-0.25, -0.2) is 0 Å². The van der Waals surface area contributed by atoms with E-state index in [0.29, 0.717) is 19.1 Å². The third-order valence-electron chi connectivity index (χ3n) is 3.78. The number of hydrogen-bond donors (Lipinski definition) is 1. The van der Waals surface area contributed by atoms with Gasteiger partial charge in [-0.2, -0.15) is 0 Å². The van der Waals surface area contributed by atoms with Gasteiger partial charge in [-0.05, 0) is 42.9 Å². The van der Waals surface area contributed by atoms with Crippen LogP contribution in [0.25, 0.3) is 0 Å². The lowest BCUT2D eigenvalue weighted by Gasteiger charge is -2.11. The smallest absolute Gasteiger partial charge is 0.119 e. The fourth-order valence-electron chi connectivity index (χ4n) is 2.33. The van der Waals surface area contributed by atoms with Gasteiger partial charge in [0.2, 0.25) is 0 Å². The van der Waals surface area contributed by atoms with Crippen molar-refractivity contribution >= 4 is 0 Å². The first-order chi connectivity index (χ1) is 10.3. The number of benzene rings is 1. The first kappa shape index (κ1) is 16.3. The van der Waals surface area contributed by atoms with E-state index in [1.165, 1.54) is 31.2 Å². The quantitative estimate of drug-likeness (QED) is 0.630. The molecule has 0 heterocycles. The molecule has 0 aromatic heterocycles.